The third kappa shape index (κ3) is 3.54. The van der Waals surface area contributed by atoms with Crippen molar-refractivity contribution in [2.45, 2.75) is 13.3 Å². The maximum atomic E-state index is 12.0. The monoisotopic (exact) mass is 259 g/mol. The van der Waals surface area contributed by atoms with Crippen molar-refractivity contribution in [2.75, 3.05) is 18.4 Å². The number of anilines is 1. The summed E-state index contributed by atoms with van der Waals surface area (Å²) in [4.78, 5) is 23.1. The van der Waals surface area contributed by atoms with E-state index in [2.05, 4.69) is 25.6 Å². The van der Waals surface area contributed by atoms with E-state index in [4.69, 9.17) is 0 Å². The molecule has 1 amide bonds. The lowest BCUT2D eigenvalue weighted by Gasteiger charge is -2.09. The normalized spacial score (nSPS) is 10.2. The highest BCUT2D eigenvalue weighted by Gasteiger charge is 2.10. The molecule has 19 heavy (non-hydrogen) atoms. The molecule has 6 nitrogen and oxygen atoms in total. The summed E-state index contributed by atoms with van der Waals surface area (Å²) in [5.74, 6) is 0.731. The molecular formula is C13H17N5O. The van der Waals surface area contributed by atoms with Gasteiger partial charge in [-0.05, 0) is 13.0 Å². The summed E-state index contributed by atoms with van der Waals surface area (Å²) in [5.41, 5.74) is 1.36. The van der Waals surface area contributed by atoms with E-state index in [-0.39, 0.29) is 5.91 Å². The van der Waals surface area contributed by atoms with Crippen molar-refractivity contribution in [3.63, 3.8) is 0 Å². The standard InChI is InChI=1S/C13H17N5O/c1-2-15-11-3-5-14-9-10(11)13(19)18-6-4-12-16-7-8-17-12/h3,5,7-9H,2,4,6H2,1H3,(H,14,15)(H,16,17)(H,18,19). The fourth-order valence-corrected chi connectivity index (χ4v) is 1.74. The second-order valence-electron chi connectivity index (χ2n) is 3.99. The maximum Gasteiger partial charge on any atom is 0.254 e. The molecule has 0 saturated heterocycles. The highest BCUT2D eigenvalue weighted by molar-refractivity contribution is 5.99. The Bertz CT molecular complexity index is 524. The number of aromatic nitrogens is 3. The summed E-state index contributed by atoms with van der Waals surface area (Å²) >= 11 is 0. The smallest absolute Gasteiger partial charge is 0.254 e. The van der Waals surface area contributed by atoms with Crippen LogP contribution in [0.4, 0.5) is 5.69 Å². The van der Waals surface area contributed by atoms with E-state index in [9.17, 15) is 4.79 Å². The number of aromatic amines is 1. The first-order valence-electron chi connectivity index (χ1n) is 6.25. The first-order valence-corrected chi connectivity index (χ1v) is 6.25. The number of hydrogen-bond acceptors (Lipinski definition) is 4. The van der Waals surface area contributed by atoms with Gasteiger partial charge >= 0.3 is 0 Å². The van der Waals surface area contributed by atoms with Crippen LogP contribution in [-0.4, -0.2) is 33.9 Å². The van der Waals surface area contributed by atoms with E-state index >= 15 is 0 Å². The first-order chi connectivity index (χ1) is 9.31. The summed E-state index contributed by atoms with van der Waals surface area (Å²) < 4.78 is 0. The van der Waals surface area contributed by atoms with Crippen molar-refractivity contribution >= 4 is 11.6 Å². The molecule has 0 saturated carbocycles. The van der Waals surface area contributed by atoms with Gasteiger partial charge in [0.15, 0.2) is 0 Å². The minimum atomic E-state index is -0.129. The summed E-state index contributed by atoms with van der Waals surface area (Å²) in [6, 6.07) is 1.80. The number of rotatable bonds is 6. The molecule has 0 aliphatic rings. The van der Waals surface area contributed by atoms with Crippen molar-refractivity contribution in [2.24, 2.45) is 0 Å². The molecule has 0 aromatic carbocycles. The lowest BCUT2D eigenvalue weighted by atomic mass is 10.2. The van der Waals surface area contributed by atoms with Crippen LogP contribution < -0.4 is 10.6 Å². The van der Waals surface area contributed by atoms with Crippen LogP contribution in [0.1, 0.15) is 23.1 Å². The number of H-pyrrole nitrogens is 1. The molecular weight excluding hydrogens is 242 g/mol. The molecule has 0 radical (unpaired) electrons. The van der Waals surface area contributed by atoms with Gasteiger partial charge in [0.05, 0.1) is 11.3 Å². The fourth-order valence-electron chi connectivity index (χ4n) is 1.74. The molecule has 0 atom stereocenters. The number of amides is 1. The molecule has 2 rings (SSSR count). The van der Waals surface area contributed by atoms with Crippen LogP contribution in [0.2, 0.25) is 0 Å². The molecule has 6 heteroatoms. The zero-order valence-electron chi connectivity index (χ0n) is 10.8. The molecule has 0 spiro atoms. The Labute approximate surface area is 111 Å². The SMILES string of the molecule is CCNc1ccncc1C(=O)NCCc1ncc[nH]1. The van der Waals surface area contributed by atoms with Crippen molar-refractivity contribution in [3.05, 3.63) is 42.2 Å². The number of imidazole rings is 1. The van der Waals surface area contributed by atoms with Crippen molar-refractivity contribution in [3.8, 4) is 0 Å². The Morgan fingerprint density at radius 3 is 3.05 bits per heavy atom. The van der Waals surface area contributed by atoms with Gasteiger partial charge in [-0.15, -0.1) is 0 Å². The van der Waals surface area contributed by atoms with E-state index in [1.165, 1.54) is 0 Å². The minimum Gasteiger partial charge on any atom is -0.385 e. The lowest BCUT2D eigenvalue weighted by molar-refractivity contribution is 0.0954. The molecule has 2 heterocycles. The summed E-state index contributed by atoms with van der Waals surface area (Å²) in [7, 11) is 0. The topological polar surface area (TPSA) is 82.7 Å². The van der Waals surface area contributed by atoms with Gasteiger partial charge in [0.1, 0.15) is 5.82 Å². The largest absolute Gasteiger partial charge is 0.385 e. The number of hydrogen-bond donors (Lipinski definition) is 3. The molecule has 2 aromatic heterocycles. The van der Waals surface area contributed by atoms with Gasteiger partial charge in [-0.2, -0.15) is 0 Å². The van der Waals surface area contributed by atoms with Crippen LogP contribution in [0.15, 0.2) is 30.9 Å². The molecule has 0 aliphatic carbocycles. The molecule has 3 N–H and O–H groups in total. The quantitative estimate of drug-likeness (QED) is 0.728. The molecule has 2 aromatic rings. The molecule has 0 aliphatic heterocycles. The number of pyridine rings is 1. The van der Waals surface area contributed by atoms with Crippen LogP contribution in [0.25, 0.3) is 0 Å². The Hall–Kier alpha value is -2.37. The van der Waals surface area contributed by atoms with Crippen molar-refractivity contribution in [1.82, 2.24) is 20.3 Å². The van der Waals surface area contributed by atoms with Gasteiger partial charge < -0.3 is 15.6 Å². The van der Waals surface area contributed by atoms with Gasteiger partial charge in [0.2, 0.25) is 0 Å². The minimum absolute atomic E-state index is 0.129. The van der Waals surface area contributed by atoms with E-state index in [1.54, 1.807) is 30.9 Å². The number of carbonyl (C=O) groups excluding carboxylic acids is 1. The van der Waals surface area contributed by atoms with E-state index < -0.39 is 0 Å². The molecule has 100 valence electrons. The second-order valence-corrected chi connectivity index (χ2v) is 3.99. The van der Waals surface area contributed by atoms with Gasteiger partial charge in [-0.25, -0.2) is 4.98 Å². The van der Waals surface area contributed by atoms with Gasteiger partial charge in [-0.3, -0.25) is 9.78 Å². The Kier molecular flexibility index (Phi) is 4.49. The third-order valence-electron chi connectivity index (χ3n) is 2.64. The van der Waals surface area contributed by atoms with Crippen molar-refractivity contribution < 1.29 is 4.79 Å². The highest BCUT2D eigenvalue weighted by atomic mass is 16.1. The van der Waals surface area contributed by atoms with Gasteiger partial charge in [-0.1, -0.05) is 0 Å². The third-order valence-corrected chi connectivity index (χ3v) is 2.64. The van der Waals surface area contributed by atoms with Crippen LogP contribution in [0.3, 0.4) is 0 Å². The Morgan fingerprint density at radius 2 is 2.32 bits per heavy atom. The van der Waals surface area contributed by atoms with Crippen molar-refractivity contribution in [1.29, 1.82) is 0 Å². The van der Waals surface area contributed by atoms with Gasteiger partial charge in [0, 0.05) is 44.3 Å². The summed E-state index contributed by atoms with van der Waals surface area (Å²) in [6.45, 7) is 3.28. The first kappa shape index (κ1) is 13.1. The predicted molar refractivity (Wildman–Crippen MR) is 73.0 cm³/mol. The molecule has 0 fully saturated rings. The summed E-state index contributed by atoms with van der Waals surface area (Å²) in [6.07, 6.45) is 7.37. The predicted octanol–water partition coefficient (Wildman–Crippen LogP) is 1.21. The zero-order valence-corrected chi connectivity index (χ0v) is 10.8. The van der Waals surface area contributed by atoms with Crippen LogP contribution in [0, 0.1) is 0 Å². The van der Waals surface area contributed by atoms with Crippen LogP contribution in [-0.2, 0) is 6.42 Å². The average Bonchev–Trinajstić information content (AvgIpc) is 2.93. The number of nitrogens with one attached hydrogen (secondary N) is 3. The number of nitrogens with zero attached hydrogens (tertiary/aromatic N) is 2. The maximum absolute atomic E-state index is 12.0. The second kappa shape index (κ2) is 6.53. The molecule has 0 bridgehead atoms. The van der Waals surface area contributed by atoms with Crippen LogP contribution in [0.5, 0.6) is 0 Å². The van der Waals surface area contributed by atoms with Gasteiger partial charge in [0.25, 0.3) is 5.91 Å². The summed E-state index contributed by atoms with van der Waals surface area (Å²) in [5, 5.41) is 6.00. The molecule has 0 unspecified atom stereocenters. The number of carbonyl (C=O) groups is 1. The van der Waals surface area contributed by atoms with E-state index in [0.29, 0.717) is 18.5 Å². The zero-order chi connectivity index (χ0) is 13.5. The van der Waals surface area contributed by atoms with Crippen LogP contribution >= 0.6 is 0 Å². The van der Waals surface area contributed by atoms with E-state index in [0.717, 1.165) is 18.1 Å². The Balaban J connectivity index is 1.92. The van der Waals surface area contributed by atoms with E-state index in [1.807, 2.05) is 6.92 Å². The highest BCUT2D eigenvalue weighted by Crippen LogP contribution is 2.12. The average molecular weight is 259 g/mol. The fraction of sp³-hybridized carbons (Fsp3) is 0.308. The Morgan fingerprint density at radius 1 is 1.42 bits per heavy atom. The lowest BCUT2D eigenvalue weighted by Crippen LogP contribution is -2.27.